The molecule has 0 unspecified atom stereocenters. The minimum atomic E-state index is -0.327. The monoisotopic (exact) mass is 373 g/mol. The molecule has 0 aliphatic carbocycles. The Morgan fingerprint density at radius 1 is 1.30 bits per heavy atom. The molecule has 1 heterocycles. The highest BCUT2D eigenvalue weighted by molar-refractivity contribution is 9.10. The number of pyridine rings is 1. The summed E-state index contributed by atoms with van der Waals surface area (Å²) < 4.78 is 0.707. The van der Waals surface area contributed by atoms with Crippen molar-refractivity contribution in [2.75, 3.05) is 17.7 Å². The summed E-state index contributed by atoms with van der Waals surface area (Å²) in [6.45, 7) is 0. The van der Waals surface area contributed by atoms with Crippen LogP contribution in [0.25, 0.3) is 0 Å². The summed E-state index contributed by atoms with van der Waals surface area (Å²) in [4.78, 5) is 16.4. The number of amides is 1. The van der Waals surface area contributed by atoms with Crippen molar-refractivity contribution >= 4 is 56.5 Å². The van der Waals surface area contributed by atoms with Crippen molar-refractivity contribution < 1.29 is 4.79 Å². The van der Waals surface area contributed by atoms with Crippen molar-refractivity contribution in [2.24, 2.45) is 0 Å². The molecule has 104 valence electrons. The van der Waals surface area contributed by atoms with Gasteiger partial charge in [0.05, 0.1) is 16.3 Å². The minimum Gasteiger partial charge on any atom is -0.372 e. The van der Waals surface area contributed by atoms with Gasteiger partial charge >= 0.3 is 0 Å². The SMILES string of the molecule is CNc1ncc(Br)cc1C(=O)Nc1cc(Cl)ccc1Cl. The Hall–Kier alpha value is -1.30. The van der Waals surface area contributed by atoms with Gasteiger partial charge in [0.2, 0.25) is 0 Å². The predicted octanol–water partition coefficient (Wildman–Crippen LogP) is 4.44. The summed E-state index contributed by atoms with van der Waals surface area (Å²) in [5.41, 5.74) is 0.851. The van der Waals surface area contributed by atoms with Gasteiger partial charge in [0.1, 0.15) is 5.82 Å². The first kappa shape index (κ1) is 15.1. The third kappa shape index (κ3) is 3.42. The number of halogens is 3. The number of hydrogen-bond donors (Lipinski definition) is 2. The molecule has 20 heavy (non-hydrogen) atoms. The van der Waals surface area contributed by atoms with E-state index in [1.54, 1.807) is 37.5 Å². The first-order valence-electron chi connectivity index (χ1n) is 5.61. The first-order valence-corrected chi connectivity index (χ1v) is 7.16. The predicted molar refractivity (Wildman–Crippen MR) is 85.9 cm³/mol. The van der Waals surface area contributed by atoms with Crippen LogP contribution in [-0.4, -0.2) is 17.9 Å². The maximum atomic E-state index is 12.3. The molecule has 0 fully saturated rings. The Balaban J connectivity index is 2.32. The van der Waals surface area contributed by atoms with Crippen LogP contribution < -0.4 is 10.6 Å². The van der Waals surface area contributed by atoms with Crippen molar-refractivity contribution in [1.29, 1.82) is 0 Å². The molecule has 0 bridgehead atoms. The van der Waals surface area contributed by atoms with Crippen LogP contribution in [0.3, 0.4) is 0 Å². The van der Waals surface area contributed by atoms with E-state index in [1.165, 1.54) is 0 Å². The van der Waals surface area contributed by atoms with E-state index < -0.39 is 0 Å². The number of rotatable bonds is 3. The smallest absolute Gasteiger partial charge is 0.259 e. The lowest BCUT2D eigenvalue weighted by molar-refractivity contribution is 0.102. The summed E-state index contributed by atoms with van der Waals surface area (Å²) in [7, 11) is 1.69. The van der Waals surface area contributed by atoms with E-state index in [-0.39, 0.29) is 5.91 Å². The van der Waals surface area contributed by atoms with Crippen molar-refractivity contribution in [2.45, 2.75) is 0 Å². The van der Waals surface area contributed by atoms with Gasteiger partial charge in [0.15, 0.2) is 0 Å². The van der Waals surface area contributed by atoms with Gasteiger partial charge in [-0.3, -0.25) is 4.79 Å². The molecule has 0 saturated carbocycles. The van der Waals surface area contributed by atoms with E-state index in [1.807, 2.05) is 0 Å². The molecule has 2 rings (SSSR count). The molecule has 0 aliphatic rings. The standard InChI is InChI=1S/C13H10BrCl2N3O/c1-17-12-9(4-7(14)6-18-12)13(20)19-11-5-8(15)2-3-10(11)16/h2-6H,1H3,(H,17,18)(H,19,20). The zero-order chi connectivity index (χ0) is 14.7. The third-order valence-electron chi connectivity index (χ3n) is 2.51. The summed E-state index contributed by atoms with van der Waals surface area (Å²) in [6.07, 6.45) is 1.61. The van der Waals surface area contributed by atoms with Gasteiger partial charge in [-0.15, -0.1) is 0 Å². The topological polar surface area (TPSA) is 54.0 Å². The number of nitrogens with zero attached hydrogens (tertiary/aromatic N) is 1. The Kier molecular flexibility index (Phi) is 4.86. The van der Waals surface area contributed by atoms with E-state index >= 15 is 0 Å². The van der Waals surface area contributed by atoms with Gasteiger partial charge in [-0.05, 0) is 40.2 Å². The fraction of sp³-hybridized carbons (Fsp3) is 0.0769. The maximum Gasteiger partial charge on any atom is 0.259 e. The Morgan fingerprint density at radius 3 is 2.75 bits per heavy atom. The zero-order valence-corrected chi connectivity index (χ0v) is 13.5. The number of benzene rings is 1. The van der Waals surface area contributed by atoms with Crippen LogP contribution in [0.15, 0.2) is 34.9 Å². The number of aromatic nitrogens is 1. The van der Waals surface area contributed by atoms with E-state index in [9.17, 15) is 4.79 Å². The second-order valence-electron chi connectivity index (χ2n) is 3.88. The van der Waals surface area contributed by atoms with Gasteiger partial charge in [-0.1, -0.05) is 23.2 Å². The summed E-state index contributed by atoms with van der Waals surface area (Å²) in [5.74, 6) is 0.149. The molecule has 2 aromatic rings. The highest BCUT2D eigenvalue weighted by Gasteiger charge is 2.14. The van der Waals surface area contributed by atoms with Gasteiger partial charge in [0.25, 0.3) is 5.91 Å². The Bertz CT molecular complexity index is 664. The van der Waals surface area contributed by atoms with E-state index in [0.29, 0.717) is 31.6 Å². The number of anilines is 2. The van der Waals surface area contributed by atoms with Crippen molar-refractivity contribution in [3.05, 3.63) is 50.5 Å². The van der Waals surface area contributed by atoms with Crippen molar-refractivity contribution in [3.63, 3.8) is 0 Å². The molecule has 1 aromatic carbocycles. The second-order valence-corrected chi connectivity index (χ2v) is 5.64. The van der Waals surface area contributed by atoms with Crippen LogP contribution in [-0.2, 0) is 0 Å². The van der Waals surface area contributed by atoms with Gasteiger partial charge < -0.3 is 10.6 Å². The molecule has 0 aliphatic heterocycles. The fourth-order valence-corrected chi connectivity index (χ4v) is 2.26. The van der Waals surface area contributed by atoms with Gasteiger partial charge in [-0.25, -0.2) is 4.98 Å². The van der Waals surface area contributed by atoms with Crippen LogP contribution in [0.1, 0.15) is 10.4 Å². The second kappa shape index (κ2) is 6.43. The van der Waals surface area contributed by atoms with Crippen LogP contribution in [0.4, 0.5) is 11.5 Å². The number of hydrogen-bond acceptors (Lipinski definition) is 3. The zero-order valence-electron chi connectivity index (χ0n) is 10.4. The summed E-state index contributed by atoms with van der Waals surface area (Å²) >= 11 is 15.2. The molecule has 0 atom stereocenters. The molecular weight excluding hydrogens is 365 g/mol. The molecule has 0 spiro atoms. The summed E-state index contributed by atoms with van der Waals surface area (Å²) in [5, 5.41) is 6.48. The molecule has 7 heteroatoms. The number of carbonyl (C=O) groups is 1. The number of carbonyl (C=O) groups excluding carboxylic acids is 1. The molecular formula is C13H10BrCl2N3O. The van der Waals surface area contributed by atoms with E-state index in [4.69, 9.17) is 23.2 Å². The molecule has 1 aromatic heterocycles. The fourth-order valence-electron chi connectivity index (χ4n) is 1.59. The molecule has 0 saturated heterocycles. The lowest BCUT2D eigenvalue weighted by atomic mass is 10.2. The van der Waals surface area contributed by atoms with Crippen molar-refractivity contribution in [3.8, 4) is 0 Å². The summed E-state index contributed by atoms with van der Waals surface area (Å²) in [6, 6.07) is 6.54. The van der Waals surface area contributed by atoms with Gasteiger partial charge in [-0.2, -0.15) is 0 Å². The van der Waals surface area contributed by atoms with Crippen LogP contribution in [0.5, 0.6) is 0 Å². The normalized spacial score (nSPS) is 10.2. The quantitative estimate of drug-likeness (QED) is 0.834. The van der Waals surface area contributed by atoms with E-state index in [2.05, 4.69) is 31.5 Å². The van der Waals surface area contributed by atoms with E-state index in [0.717, 1.165) is 0 Å². The Morgan fingerprint density at radius 2 is 2.05 bits per heavy atom. The van der Waals surface area contributed by atoms with Gasteiger partial charge in [0, 0.05) is 22.7 Å². The lowest BCUT2D eigenvalue weighted by Gasteiger charge is -2.10. The largest absolute Gasteiger partial charge is 0.372 e. The highest BCUT2D eigenvalue weighted by Crippen LogP contribution is 2.27. The third-order valence-corrected chi connectivity index (χ3v) is 3.51. The molecule has 1 amide bonds. The lowest BCUT2D eigenvalue weighted by Crippen LogP contribution is -2.15. The maximum absolute atomic E-state index is 12.3. The minimum absolute atomic E-state index is 0.327. The average molecular weight is 375 g/mol. The first-order chi connectivity index (χ1) is 9.51. The Labute approximate surface area is 134 Å². The average Bonchev–Trinajstić information content (AvgIpc) is 2.42. The van der Waals surface area contributed by atoms with Crippen molar-refractivity contribution in [1.82, 2.24) is 4.98 Å². The number of nitrogens with one attached hydrogen (secondary N) is 2. The highest BCUT2D eigenvalue weighted by atomic mass is 79.9. The molecule has 0 radical (unpaired) electrons. The van der Waals surface area contributed by atoms with Crippen LogP contribution >= 0.6 is 39.1 Å². The molecule has 2 N–H and O–H groups in total. The van der Waals surface area contributed by atoms with Crippen LogP contribution in [0.2, 0.25) is 10.0 Å². The van der Waals surface area contributed by atoms with Crippen LogP contribution in [0, 0.1) is 0 Å². The molecule has 4 nitrogen and oxygen atoms in total.